The number of benzene rings is 3. The van der Waals surface area contributed by atoms with Gasteiger partial charge in [0.1, 0.15) is 35.1 Å². The first kappa shape index (κ1) is 44.6. The lowest BCUT2D eigenvalue weighted by atomic mass is 10.0. The van der Waals surface area contributed by atoms with Gasteiger partial charge in [0.25, 0.3) is 6.10 Å². The van der Waals surface area contributed by atoms with Gasteiger partial charge in [-0.25, -0.2) is 24.2 Å². The molecule has 0 saturated carbocycles. The van der Waals surface area contributed by atoms with E-state index in [1.165, 1.54) is 0 Å². The van der Waals surface area contributed by atoms with Gasteiger partial charge in [0, 0.05) is 23.5 Å². The molecule has 0 unspecified atom stereocenters. The number of aliphatic imine (C=N–C) groups is 1. The Morgan fingerprint density at radius 1 is 0.917 bits per heavy atom. The summed E-state index contributed by atoms with van der Waals surface area (Å²) in [6, 6.07) is 24.6. The van der Waals surface area contributed by atoms with Gasteiger partial charge in [0.15, 0.2) is 11.2 Å². The number of anilines is 1. The van der Waals surface area contributed by atoms with Crippen LogP contribution in [0.5, 0.6) is 5.75 Å². The molecule has 0 radical (unpaired) electrons. The number of amides is 2. The van der Waals surface area contributed by atoms with Crippen LogP contribution >= 0.6 is 11.3 Å². The van der Waals surface area contributed by atoms with E-state index in [0.717, 1.165) is 11.3 Å². The number of aromatic nitrogens is 1. The molecule has 0 bridgehead atoms. The Hall–Kier alpha value is -6.49. The Morgan fingerprint density at radius 3 is 2.08 bits per heavy atom. The van der Waals surface area contributed by atoms with Gasteiger partial charge in [0.2, 0.25) is 5.71 Å². The number of nitrogens with one attached hydrogen (secondary N) is 1. The fraction of sp³-hybridized carbons (Fsp3) is 0.372. The Bertz CT molecular complexity index is 2140. The van der Waals surface area contributed by atoms with Gasteiger partial charge >= 0.3 is 24.1 Å². The number of carbonyl (C=O) groups is 4. The molecule has 5 rings (SSSR count). The van der Waals surface area contributed by atoms with Crippen molar-refractivity contribution in [3.63, 3.8) is 0 Å². The number of esters is 1. The lowest BCUT2D eigenvalue weighted by molar-refractivity contribution is -0.163. The van der Waals surface area contributed by atoms with Gasteiger partial charge in [-0.3, -0.25) is 10.3 Å². The summed E-state index contributed by atoms with van der Waals surface area (Å²) in [5, 5.41) is 16.6. The van der Waals surface area contributed by atoms with Crippen LogP contribution in [0.4, 0.5) is 14.7 Å². The predicted octanol–water partition coefficient (Wildman–Crippen LogP) is 7.10. The van der Waals surface area contributed by atoms with Gasteiger partial charge in [-0.2, -0.15) is 0 Å². The van der Waals surface area contributed by atoms with E-state index < -0.39 is 59.9 Å². The lowest BCUT2D eigenvalue weighted by Crippen LogP contribution is -2.35. The van der Waals surface area contributed by atoms with Crippen molar-refractivity contribution in [3.8, 4) is 5.75 Å². The summed E-state index contributed by atoms with van der Waals surface area (Å²) in [4.78, 5) is 68.0. The molecule has 2 amide bonds. The minimum absolute atomic E-state index is 0.0682. The number of hydrogen-bond donors (Lipinski definition) is 3. The number of hydrogen-bond acceptors (Lipinski definition) is 13. The number of nitrogens with two attached hydrogens (primary N) is 1. The highest BCUT2D eigenvalue weighted by Gasteiger charge is 2.32. The Morgan fingerprint density at radius 2 is 1.52 bits per heavy atom. The van der Waals surface area contributed by atoms with Crippen molar-refractivity contribution in [1.29, 1.82) is 0 Å². The van der Waals surface area contributed by atoms with E-state index in [1.54, 1.807) is 56.9 Å². The predicted molar refractivity (Wildman–Crippen MR) is 225 cm³/mol. The van der Waals surface area contributed by atoms with Crippen molar-refractivity contribution >= 4 is 52.1 Å². The summed E-state index contributed by atoms with van der Waals surface area (Å²) in [5.41, 5.74) is 6.21. The quantitative estimate of drug-likeness (QED) is 0.0381. The van der Waals surface area contributed by atoms with Gasteiger partial charge in [-0.1, -0.05) is 65.8 Å². The number of ether oxygens (including phenoxy) is 4. The monoisotopic (exact) mass is 842 g/mol. The Labute approximate surface area is 352 Å². The fourth-order valence-electron chi connectivity index (χ4n) is 5.78. The van der Waals surface area contributed by atoms with Crippen LogP contribution in [0.3, 0.4) is 0 Å². The number of amidine groups is 1. The molecule has 4 N–H and O–H groups in total. The molecule has 4 aromatic rings. The topological polar surface area (TPSA) is 214 Å². The first-order chi connectivity index (χ1) is 28.3. The maximum atomic E-state index is 14.0. The number of aryl methyl sites for hydroxylation is 1. The van der Waals surface area contributed by atoms with Crippen LogP contribution in [0.25, 0.3) is 0 Å². The second kappa shape index (κ2) is 19.5. The molecule has 16 nitrogen and oxygen atoms in total. The van der Waals surface area contributed by atoms with Crippen molar-refractivity contribution < 1.29 is 48.1 Å². The Kier molecular flexibility index (Phi) is 14.5. The molecule has 0 spiro atoms. The summed E-state index contributed by atoms with van der Waals surface area (Å²) in [6.07, 6.45) is -2.97. The minimum Gasteiger partial charge on any atom is -0.489 e. The number of aliphatic carboxylic acids is 1. The van der Waals surface area contributed by atoms with Crippen LogP contribution in [0.2, 0.25) is 0 Å². The number of thiazole rings is 1. The Balaban J connectivity index is 1.35. The van der Waals surface area contributed by atoms with Gasteiger partial charge in [-0.15, -0.1) is 11.3 Å². The molecule has 2 atom stereocenters. The summed E-state index contributed by atoms with van der Waals surface area (Å²) in [5.74, 6) is -1.80. The van der Waals surface area contributed by atoms with Crippen LogP contribution < -0.4 is 15.8 Å². The average molecular weight is 843 g/mol. The van der Waals surface area contributed by atoms with Crippen molar-refractivity contribution in [1.82, 2.24) is 9.88 Å². The first-order valence-electron chi connectivity index (χ1n) is 19.1. The van der Waals surface area contributed by atoms with E-state index in [4.69, 9.17) is 29.5 Å². The molecular weight excluding hydrogens is 793 g/mol. The molecule has 1 aromatic heterocycles. The van der Waals surface area contributed by atoms with E-state index >= 15 is 0 Å². The maximum absolute atomic E-state index is 14.0. The molecule has 3 aromatic carbocycles. The highest BCUT2D eigenvalue weighted by molar-refractivity contribution is 7.16. The highest BCUT2D eigenvalue weighted by Crippen LogP contribution is 2.28. The molecule has 0 aliphatic carbocycles. The summed E-state index contributed by atoms with van der Waals surface area (Å²) >= 11 is 1.00. The largest absolute Gasteiger partial charge is 0.489 e. The number of oxime groups is 1. The second-order valence-electron chi connectivity index (χ2n) is 15.7. The molecule has 17 heteroatoms. The van der Waals surface area contributed by atoms with E-state index in [1.807, 2.05) is 81.4 Å². The molecule has 1 aliphatic heterocycles. The summed E-state index contributed by atoms with van der Waals surface area (Å²) in [7, 11) is 0. The minimum atomic E-state index is -1.57. The molecule has 1 saturated heterocycles. The molecular formula is C43H50N6O10S. The molecule has 60 heavy (non-hydrogen) atoms. The third-order valence-electron chi connectivity index (χ3n) is 8.49. The first-order valence-corrected chi connectivity index (χ1v) is 20.0. The van der Waals surface area contributed by atoms with Gasteiger partial charge in [-0.05, 0) is 90.3 Å². The maximum Gasteiger partial charge on any atom is 0.413 e. The van der Waals surface area contributed by atoms with E-state index in [2.05, 4.69) is 20.4 Å². The third kappa shape index (κ3) is 13.0. The zero-order chi connectivity index (χ0) is 43.6. The number of rotatable bonds is 14. The van der Waals surface area contributed by atoms with Crippen molar-refractivity contribution in [2.75, 3.05) is 25.0 Å². The standard InChI is InChI=1S/C43H50N6O10S/c1-26-33(46-39(60-26)47-40(53)57-42(2,3)4)34(37(50)51)48-59-32(38(52)56-35(27-14-10-8-11-15-27)28-16-12-9-13-17-28)25-55-31-20-18-29(19-21-31)36(44)45-30-22-23-49(24-30)41(54)58-43(5,6)7/h8-21,30,32,35H,22-25H2,1-7H3,(H2,44,45)(H,50,51)(H,46,47,53)/b48-34-/t30-,32-/m0/s1. The number of nitrogens with zero attached hydrogens (tertiary/aromatic N) is 4. The highest BCUT2D eigenvalue weighted by atomic mass is 32.1. The van der Waals surface area contributed by atoms with Crippen molar-refractivity contribution in [2.45, 2.75) is 84.3 Å². The summed E-state index contributed by atoms with van der Waals surface area (Å²) < 4.78 is 22.8. The number of carboxylic acids is 1. The van der Waals surface area contributed by atoms with E-state index in [0.29, 0.717) is 46.8 Å². The van der Waals surface area contributed by atoms with E-state index in [9.17, 15) is 24.3 Å². The molecule has 1 fully saturated rings. The zero-order valence-corrected chi connectivity index (χ0v) is 35.4. The number of carbonyl (C=O) groups excluding carboxylic acids is 3. The van der Waals surface area contributed by atoms with Crippen LogP contribution in [0.1, 0.15) is 81.3 Å². The van der Waals surface area contributed by atoms with Crippen LogP contribution in [-0.4, -0.2) is 93.7 Å². The second-order valence-corrected chi connectivity index (χ2v) is 16.9. The van der Waals surface area contributed by atoms with Gasteiger partial charge < -0.3 is 39.5 Å². The number of carboxylic acid groups (broad SMARTS) is 1. The lowest BCUT2D eigenvalue weighted by Gasteiger charge is -2.24. The van der Waals surface area contributed by atoms with Crippen LogP contribution in [-0.2, 0) is 28.6 Å². The number of likely N-dealkylation sites (tertiary alicyclic amines) is 1. The van der Waals surface area contributed by atoms with Crippen molar-refractivity contribution in [2.24, 2.45) is 15.9 Å². The average Bonchev–Trinajstić information content (AvgIpc) is 3.80. The third-order valence-corrected chi connectivity index (χ3v) is 9.38. The summed E-state index contributed by atoms with van der Waals surface area (Å²) in [6.45, 7) is 12.6. The molecule has 2 heterocycles. The van der Waals surface area contributed by atoms with Gasteiger partial charge in [0.05, 0.1) is 6.04 Å². The van der Waals surface area contributed by atoms with Crippen LogP contribution in [0.15, 0.2) is 95.1 Å². The smallest absolute Gasteiger partial charge is 0.413 e. The fourth-order valence-corrected chi connectivity index (χ4v) is 6.58. The SMILES string of the molecule is Cc1sc(NC(=O)OC(C)(C)C)nc1/C(=N/O[C@@H](COc1ccc(C(N)=N[C@H]2CCN(C(=O)OC(C)(C)C)C2)cc1)C(=O)OC(c1ccccc1)c1ccccc1)C(=O)O. The zero-order valence-electron chi connectivity index (χ0n) is 34.5. The normalized spacial score (nSPS) is 15.3. The van der Waals surface area contributed by atoms with Crippen LogP contribution in [0, 0.1) is 6.92 Å². The molecule has 1 aliphatic rings. The van der Waals surface area contributed by atoms with E-state index in [-0.39, 0.29) is 22.7 Å². The molecule has 318 valence electrons. The van der Waals surface area contributed by atoms with Crippen molar-refractivity contribution in [3.05, 3.63) is 112 Å².